The molecule has 3 aromatic rings. The molecule has 132 valence electrons. The number of hydrogen-bond acceptors (Lipinski definition) is 4. The van der Waals surface area contributed by atoms with Crippen molar-refractivity contribution in [3.8, 4) is 5.69 Å². The van der Waals surface area contributed by atoms with Gasteiger partial charge in [0.25, 0.3) is 11.5 Å². The number of aromatic nitrogens is 4. The minimum Gasteiger partial charge on any atom is -0.289 e. The van der Waals surface area contributed by atoms with Crippen LogP contribution in [0.5, 0.6) is 0 Å². The number of carbonyl (C=O) groups is 1. The average Bonchev–Trinajstić information content (AvgIpc) is 3.23. The van der Waals surface area contributed by atoms with E-state index in [1.54, 1.807) is 30.8 Å². The third-order valence-corrected chi connectivity index (χ3v) is 4.73. The molecule has 0 saturated heterocycles. The van der Waals surface area contributed by atoms with Crippen molar-refractivity contribution in [1.82, 2.24) is 19.3 Å². The molecule has 0 spiro atoms. The Bertz CT molecular complexity index is 1060. The number of amides is 1. The van der Waals surface area contributed by atoms with E-state index in [1.165, 1.54) is 22.1 Å². The molecular weight excluding hydrogens is 330 g/mol. The second-order valence-electron chi connectivity index (χ2n) is 6.51. The lowest BCUT2D eigenvalue weighted by Gasteiger charge is -2.13. The Kier molecular flexibility index (Phi) is 3.91. The second kappa shape index (κ2) is 6.25. The van der Waals surface area contributed by atoms with Crippen LogP contribution in [0.1, 0.15) is 33.5 Å². The minimum atomic E-state index is -0.499. The van der Waals surface area contributed by atoms with Crippen molar-refractivity contribution < 1.29 is 4.79 Å². The predicted octanol–water partition coefficient (Wildman–Crippen LogP) is 2.02. The number of aryl methyl sites for hydroxylation is 3. The molecule has 1 N–H and O–H groups in total. The van der Waals surface area contributed by atoms with Crippen molar-refractivity contribution in [2.24, 2.45) is 7.05 Å². The first kappa shape index (κ1) is 16.3. The summed E-state index contributed by atoms with van der Waals surface area (Å²) in [7, 11) is 1.71. The highest BCUT2D eigenvalue weighted by Gasteiger charge is 2.21. The van der Waals surface area contributed by atoms with Crippen LogP contribution in [0.25, 0.3) is 5.69 Å². The minimum absolute atomic E-state index is 0.107. The maximum atomic E-state index is 13.1. The van der Waals surface area contributed by atoms with E-state index in [0.29, 0.717) is 5.56 Å². The summed E-state index contributed by atoms with van der Waals surface area (Å²) in [6.45, 7) is 1.75. The molecule has 0 aliphatic heterocycles. The highest BCUT2D eigenvalue weighted by atomic mass is 16.2. The summed E-state index contributed by atoms with van der Waals surface area (Å²) in [5.74, 6) is -0.326. The quantitative estimate of drug-likeness (QED) is 0.784. The van der Waals surface area contributed by atoms with Gasteiger partial charge in [-0.25, -0.2) is 4.98 Å². The van der Waals surface area contributed by atoms with Gasteiger partial charge in [0.15, 0.2) is 0 Å². The summed E-state index contributed by atoms with van der Waals surface area (Å²) in [4.78, 5) is 29.7. The van der Waals surface area contributed by atoms with Gasteiger partial charge in [-0.3, -0.25) is 24.2 Å². The highest BCUT2D eigenvalue weighted by molar-refractivity contribution is 6.04. The number of carbonyl (C=O) groups excluding carboxylic acids is 1. The largest absolute Gasteiger partial charge is 0.289 e. The van der Waals surface area contributed by atoms with Crippen molar-refractivity contribution in [2.45, 2.75) is 26.2 Å². The molecule has 7 nitrogen and oxygen atoms in total. The lowest BCUT2D eigenvalue weighted by atomic mass is 10.1. The first-order valence-electron chi connectivity index (χ1n) is 8.55. The fourth-order valence-corrected chi connectivity index (χ4v) is 3.48. The van der Waals surface area contributed by atoms with Crippen molar-refractivity contribution in [3.63, 3.8) is 0 Å². The van der Waals surface area contributed by atoms with Gasteiger partial charge in [-0.1, -0.05) is 12.1 Å². The van der Waals surface area contributed by atoms with Gasteiger partial charge in [0, 0.05) is 13.2 Å². The molecule has 0 radical (unpaired) electrons. The zero-order valence-electron chi connectivity index (χ0n) is 14.7. The maximum Gasteiger partial charge on any atom is 0.268 e. The van der Waals surface area contributed by atoms with Gasteiger partial charge in [0.05, 0.1) is 5.69 Å². The van der Waals surface area contributed by atoms with Gasteiger partial charge in [-0.2, -0.15) is 0 Å². The number of rotatable bonds is 3. The number of nitrogens with one attached hydrogen (secondary N) is 1. The van der Waals surface area contributed by atoms with E-state index in [0.717, 1.165) is 24.9 Å². The Labute approximate surface area is 150 Å². The molecule has 1 aromatic carbocycles. The third kappa shape index (κ3) is 2.71. The number of hydrogen-bond donors (Lipinski definition) is 1. The number of fused-ring (bicyclic) bond motifs is 1. The fourth-order valence-electron chi connectivity index (χ4n) is 3.48. The van der Waals surface area contributed by atoms with Gasteiger partial charge in [0.2, 0.25) is 5.95 Å². The van der Waals surface area contributed by atoms with E-state index >= 15 is 0 Å². The van der Waals surface area contributed by atoms with E-state index in [2.05, 4.69) is 21.5 Å². The summed E-state index contributed by atoms with van der Waals surface area (Å²) in [5, 5.41) is 6.62. The maximum absolute atomic E-state index is 13.1. The van der Waals surface area contributed by atoms with Crippen molar-refractivity contribution in [1.29, 1.82) is 0 Å². The molecule has 0 saturated carbocycles. The van der Waals surface area contributed by atoms with E-state index in [4.69, 9.17) is 0 Å². The Balaban J connectivity index is 1.78. The fraction of sp³-hybridized carbons (Fsp3) is 0.263. The van der Waals surface area contributed by atoms with Crippen molar-refractivity contribution in [3.05, 3.63) is 69.4 Å². The molecule has 2 aromatic heterocycles. The van der Waals surface area contributed by atoms with Gasteiger partial charge < -0.3 is 0 Å². The molecule has 0 atom stereocenters. The van der Waals surface area contributed by atoms with Crippen LogP contribution in [0.2, 0.25) is 0 Å². The van der Waals surface area contributed by atoms with Crippen LogP contribution in [-0.2, 0) is 19.9 Å². The topological polar surface area (TPSA) is 81.8 Å². The molecule has 0 fully saturated rings. The number of pyridine rings is 1. The average molecular weight is 349 g/mol. The first-order chi connectivity index (χ1) is 12.5. The van der Waals surface area contributed by atoms with Crippen LogP contribution in [0.15, 0.2) is 41.6 Å². The van der Waals surface area contributed by atoms with Gasteiger partial charge >= 0.3 is 0 Å². The Morgan fingerprint density at radius 2 is 2.08 bits per heavy atom. The van der Waals surface area contributed by atoms with Crippen LogP contribution in [-0.4, -0.2) is 25.2 Å². The highest BCUT2D eigenvalue weighted by Crippen LogP contribution is 2.27. The monoisotopic (exact) mass is 349 g/mol. The number of benzene rings is 1. The van der Waals surface area contributed by atoms with Gasteiger partial charge in [0.1, 0.15) is 11.9 Å². The second-order valence-corrected chi connectivity index (χ2v) is 6.51. The van der Waals surface area contributed by atoms with Crippen molar-refractivity contribution in [2.75, 3.05) is 5.32 Å². The molecule has 1 aliphatic carbocycles. The lowest BCUT2D eigenvalue weighted by Crippen LogP contribution is -2.30. The summed E-state index contributed by atoms with van der Waals surface area (Å²) in [6, 6.07) is 7.79. The van der Waals surface area contributed by atoms with Crippen LogP contribution < -0.4 is 10.9 Å². The summed E-state index contributed by atoms with van der Waals surface area (Å²) >= 11 is 0. The lowest BCUT2D eigenvalue weighted by molar-refractivity contribution is 0.102. The zero-order valence-corrected chi connectivity index (χ0v) is 14.7. The zero-order chi connectivity index (χ0) is 18.3. The summed E-state index contributed by atoms with van der Waals surface area (Å²) in [5.41, 5.74) is 3.71. The predicted molar refractivity (Wildman–Crippen MR) is 97.8 cm³/mol. The molecule has 0 unspecified atom stereocenters. The molecular formula is C19H19N5O2. The molecule has 4 rings (SSSR count). The molecule has 26 heavy (non-hydrogen) atoms. The Hall–Kier alpha value is -3.22. The standard InChI is InChI=1S/C19H19N5O2/c1-12-9-10-24(15-8-4-6-13-5-3-7-14(13)15)18(26)16(12)17(25)21-19-20-11-23(2)22-19/h4,6,8-11H,3,5,7H2,1-2H3,(H,21,22,25). The van der Waals surface area contributed by atoms with Crippen LogP contribution >= 0.6 is 0 Å². The van der Waals surface area contributed by atoms with Crippen LogP contribution in [0, 0.1) is 6.92 Å². The molecule has 1 amide bonds. The van der Waals surface area contributed by atoms with Crippen molar-refractivity contribution >= 4 is 11.9 Å². The van der Waals surface area contributed by atoms with Crippen LogP contribution in [0.4, 0.5) is 5.95 Å². The summed E-state index contributed by atoms with van der Waals surface area (Å²) in [6.07, 6.45) is 6.29. The number of nitrogens with zero attached hydrogens (tertiary/aromatic N) is 4. The normalized spacial score (nSPS) is 12.8. The smallest absolute Gasteiger partial charge is 0.268 e. The SMILES string of the molecule is Cc1ccn(-c2cccc3c2CCC3)c(=O)c1C(=O)Nc1ncn(C)n1. The van der Waals surface area contributed by atoms with E-state index < -0.39 is 5.91 Å². The van der Waals surface area contributed by atoms with E-state index in [9.17, 15) is 9.59 Å². The molecule has 7 heteroatoms. The summed E-state index contributed by atoms with van der Waals surface area (Å²) < 4.78 is 3.05. The third-order valence-electron chi connectivity index (χ3n) is 4.73. The Morgan fingerprint density at radius 1 is 1.23 bits per heavy atom. The Morgan fingerprint density at radius 3 is 2.85 bits per heavy atom. The van der Waals surface area contributed by atoms with E-state index in [1.807, 2.05) is 12.1 Å². The molecule has 0 bridgehead atoms. The van der Waals surface area contributed by atoms with E-state index in [-0.39, 0.29) is 17.1 Å². The van der Waals surface area contributed by atoms with Gasteiger partial charge in [-0.15, -0.1) is 5.10 Å². The molecule has 1 aliphatic rings. The number of anilines is 1. The first-order valence-corrected chi connectivity index (χ1v) is 8.55. The van der Waals surface area contributed by atoms with Gasteiger partial charge in [-0.05, 0) is 55.0 Å². The van der Waals surface area contributed by atoms with Crippen LogP contribution in [0.3, 0.4) is 0 Å². The molecule has 2 heterocycles.